The fourth-order valence-electron chi connectivity index (χ4n) is 2.76. The number of aromatic nitrogens is 3. The molecule has 2 aromatic heterocycles. The molecular formula is C22H19N5OS2. The van der Waals surface area contributed by atoms with Gasteiger partial charge in [0.1, 0.15) is 10.5 Å². The molecule has 0 saturated heterocycles. The first kappa shape index (κ1) is 20.2. The third-order valence-corrected chi connectivity index (χ3v) is 5.92. The molecule has 0 unspecified atom stereocenters. The molecule has 0 aliphatic carbocycles. The van der Waals surface area contributed by atoms with Gasteiger partial charge < -0.3 is 10.6 Å². The summed E-state index contributed by atoms with van der Waals surface area (Å²) in [5.74, 6) is 0. The van der Waals surface area contributed by atoms with Gasteiger partial charge in [-0.1, -0.05) is 30.0 Å². The Morgan fingerprint density at radius 3 is 2.43 bits per heavy atom. The summed E-state index contributed by atoms with van der Waals surface area (Å²) >= 11 is 3.18. The normalized spacial score (nSPS) is 10.7. The molecule has 150 valence electrons. The quantitative estimate of drug-likeness (QED) is 0.384. The first-order valence-corrected chi connectivity index (χ1v) is 11.2. The zero-order valence-corrected chi connectivity index (χ0v) is 18.1. The van der Waals surface area contributed by atoms with Crippen LogP contribution in [-0.2, 0) is 0 Å². The van der Waals surface area contributed by atoms with E-state index in [-0.39, 0.29) is 6.03 Å². The minimum Gasteiger partial charge on any atom is -0.308 e. The lowest BCUT2D eigenvalue weighted by molar-refractivity contribution is 0.262. The summed E-state index contributed by atoms with van der Waals surface area (Å²) in [7, 11) is 0. The number of carbonyl (C=O) groups excluding carboxylic acids is 1. The Bertz CT molecular complexity index is 1180. The van der Waals surface area contributed by atoms with E-state index in [9.17, 15) is 4.79 Å². The maximum atomic E-state index is 12.4. The van der Waals surface area contributed by atoms with Crippen LogP contribution in [0.1, 0.15) is 5.69 Å². The van der Waals surface area contributed by atoms with Crippen LogP contribution in [0, 0.1) is 6.92 Å². The molecule has 0 spiro atoms. The molecule has 8 heteroatoms. The van der Waals surface area contributed by atoms with Crippen LogP contribution >= 0.6 is 23.5 Å². The molecule has 2 N–H and O–H groups in total. The number of thioether (sulfide) groups is 1. The molecule has 0 saturated carbocycles. The summed E-state index contributed by atoms with van der Waals surface area (Å²) in [4.78, 5) is 28.2. The second-order valence-corrected chi connectivity index (χ2v) is 8.37. The summed E-state index contributed by atoms with van der Waals surface area (Å²) in [6.45, 7) is 1.83. The van der Waals surface area contributed by atoms with Crippen LogP contribution in [0.3, 0.4) is 0 Å². The topological polar surface area (TPSA) is 79.8 Å². The first-order chi connectivity index (χ1) is 14.6. The monoisotopic (exact) mass is 433 g/mol. The van der Waals surface area contributed by atoms with E-state index < -0.39 is 0 Å². The Morgan fingerprint density at radius 1 is 0.933 bits per heavy atom. The van der Waals surface area contributed by atoms with E-state index in [1.165, 1.54) is 11.8 Å². The maximum absolute atomic E-state index is 12.4. The molecule has 30 heavy (non-hydrogen) atoms. The zero-order valence-electron chi connectivity index (χ0n) is 16.4. The predicted molar refractivity (Wildman–Crippen MR) is 123 cm³/mol. The van der Waals surface area contributed by atoms with Crippen LogP contribution in [0.4, 0.5) is 16.2 Å². The summed E-state index contributed by atoms with van der Waals surface area (Å²) in [5.41, 5.74) is 3.16. The molecule has 0 fully saturated rings. The summed E-state index contributed by atoms with van der Waals surface area (Å²) in [6.07, 6.45) is 3.73. The lowest BCUT2D eigenvalue weighted by Gasteiger charge is -2.11. The SMILES string of the molecule is CSc1ccc(NC(=O)Nc2cc3ncc(Sc4ccccc4)nc3nc2C)cc1. The highest BCUT2D eigenvalue weighted by Crippen LogP contribution is 2.27. The van der Waals surface area contributed by atoms with Crippen LogP contribution < -0.4 is 10.6 Å². The van der Waals surface area contributed by atoms with Gasteiger partial charge in [0.25, 0.3) is 0 Å². The lowest BCUT2D eigenvalue weighted by Crippen LogP contribution is -2.20. The molecule has 2 aromatic carbocycles. The molecule has 4 rings (SSSR count). The Labute approximate surface area is 182 Å². The largest absolute Gasteiger partial charge is 0.323 e. The van der Waals surface area contributed by atoms with Crippen LogP contribution in [0.5, 0.6) is 0 Å². The molecule has 0 atom stereocenters. The number of rotatable bonds is 5. The van der Waals surface area contributed by atoms with Gasteiger partial charge in [0, 0.05) is 15.5 Å². The zero-order chi connectivity index (χ0) is 20.9. The molecule has 0 aliphatic rings. The average molecular weight is 434 g/mol. The van der Waals surface area contributed by atoms with Gasteiger partial charge in [-0.2, -0.15) is 0 Å². The van der Waals surface area contributed by atoms with Gasteiger partial charge in [-0.25, -0.2) is 19.7 Å². The highest BCUT2D eigenvalue weighted by Gasteiger charge is 2.10. The highest BCUT2D eigenvalue weighted by molar-refractivity contribution is 7.99. The number of nitrogens with one attached hydrogen (secondary N) is 2. The number of nitrogens with zero attached hydrogens (tertiary/aromatic N) is 3. The van der Waals surface area contributed by atoms with E-state index in [4.69, 9.17) is 0 Å². The number of fused-ring (bicyclic) bond motifs is 1. The number of hydrogen-bond acceptors (Lipinski definition) is 6. The predicted octanol–water partition coefficient (Wildman–Crippen LogP) is 5.85. The van der Waals surface area contributed by atoms with Gasteiger partial charge in [-0.05, 0) is 55.6 Å². The van der Waals surface area contributed by atoms with Crippen molar-refractivity contribution in [3.63, 3.8) is 0 Å². The summed E-state index contributed by atoms with van der Waals surface area (Å²) < 4.78 is 0. The minimum absolute atomic E-state index is 0.333. The molecule has 0 bridgehead atoms. The van der Waals surface area contributed by atoms with Crippen LogP contribution in [-0.4, -0.2) is 27.2 Å². The van der Waals surface area contributed by atoms with Crippen molar-refractivity contribution in [3.8, 4) is 0 Å². The van der Waals surface area contributed by atoms with Gasteiger partial charge in [-0.3, -0.25) is 0 Å². The number of carbonyl (C=O) groups is 1. The average Bonchev–Trinajstić information content (AvgIpc) is 2.76. The standard InChI is InChI=1S/C22H19N5OS2/c1-14-18(26-22(28)25-15-8-10-16(29-2)11-9-15)12-19-21(24-14)27-20(13-23-19)30-17-6-4-3-5-7-17/h3-13H,1-2H3,(H2,25,26,28). The van der Waals surface area contributed by atoms with Crippen molar-refractivity contribution in [2.45, 2.75) is 21.7 Å². The molecule has 6 nitrogen and oxygen atoms in total. The van der Waals surface area contributed by atoms with Gasteiger partial charge in [0.15, 0.2) is 5.65 Å². The summed E-state index contributed by atoms with van der Waals surface area (Å²) in [6, 6.07) is 19.1. The third kappa shape index (κ3) is 4.90. The van der Waals surface area contributed by atoms with Crippen LogP contribution in [0.25, 0.3) is 11.2 Å². The molecule has 2 heterocycles. The van der Waals surface area contributed by atoms with Crippen molar-refractivity contribution in [3.05, 3.63) is 72.6 Å². The van der Waals surface area contributed by atoms with Crippen molar-refractivity contribution < 1.29 is 4.79 Å². The molecule has 2 amide bonds. The highest BCUT2D eigenvalue weighted by atomic mass is 32.2. The second kappa shape index (κ2) is 9.15. The smallest absolute Gasteiger partial charge is 0.308 e. The van der Waals surface area contributed by atoms with E-state index in [1.54, 1.807) is 24.0 Å². The van der Waals surface area contributed by atoms with Gasteiger partial charge >= 0.3 is 6.03 Å². The van der Waals surface area contributed by atoms with Crippen LogP contribution in [0.15, 0.2) is 81.7 Å². The number of hydrogen-bond donors (Lipinski definition) is 2. The Morgan fingerprint density at radius 2 is 1.70 bits per heavy atom. The Balaban J connectivity index is 1.49. The first-order valence-electron chi connectivity index (χ1n) is 9.20. The number of amides is 2. The second-order valence-electron chi connectivity index (χ2n) is 6.40. The van der Waals surface area contributed by atoms with E-state index in [0.717, 1.165) is 20.5 Å². The Kier molecular flexibility index (Phi) is 6.15. The number of benzene rings is 2. The number of anilines is 2. The molecule has 4 aromatic rings. The van der Waals surface area contributed by atoms with E-state index in [2.05, 4.69) is 25.6 Å². The summed E-state index contributed by atoms with van der Waals surface area (Å²) in [5, 5.41) is 6.44. The van der Waals surface area contributed by atoms with Crippen molar-refractivity contribution in [2.75, 3.05) is 16.9 Å². The van der Waals surface area contributed by atoms with Crippen molar-refractivity contribution >= 4 is 52.1 Å². The van der Waals surface area contributed by atoms with E-state index in [0.29, 0.717) is 22.5 Å². The minimum atomic E-state index is -0.333. The van der Waals surface area contributed by atoms with Crippen molar-refractivity contribution in [2.24, 2.45) is 0 Å². The van der Waals surface area contributed by atoms with Crippen LogP contribution in [0.2, 0.25) is 0 Å². The fraction of sp³-hybridized carbons (Fsp3) is 0.0909. The van der Waals surface area contributed by atoms with Gasteiger partial charge in [-0.15, -0.1) is 11.8 Å². The molecule has 0 aliphatic heterocycles. The van der Waals surface area contributed by atoms with Crippen molar-refractivity contribution in [1.82, 2.24) is 15.0 Å². The Hall–Kier alpha value is -3.10. The van der Waals surface area contributed by atoms with Crippen molar-refractivity contribution in [1.29, 1.82) is 0 Å². The number of aryl methyl sites for hydroxylation is 1. The van der Waals surface area contributed by atoms with E-state index >= 15 is 0 Å². The number of pyridine rings is 1. The fourth-order valence-corrected chi connectivity index (χ4v) is 3.94. The van der Waals surface area contributed by atoms with Gasteiger partial charge in [0.2, 0.25) is 0 Å². The maximum Gasteiger partial charge on any atom is 0.323 e. The van der Waals surface area contributed by atoms with Gasteiger partial charge in [0.05, 0.1) is 17.6 Å². The lowest BCUT2D eigenvalue weighted by atomic mass is 10.3. The third-order valence-electron chi connectivity index (χ3n) is 4.27. The molecule has 0 radical (unpaired) electrons. The molecular weight excluding hydrogens is 414 g/mol. The number of urea groups is 1. The van der Waals surface area contributed by atoms with E-state index in [1.807, 2.05) is 67.8 Å².